The van der Waals surface area contributed by atoms with Crippen LogP contribution in [0.4, 0.5) is 0 Å². The third-order valence-electron chi connectivity index (χ3n) is 3.62. The first-order chi connectivity index (χ1) is 10.8. The van der Waals surface area contributed by atoms with E-state index in [1.165, 1.54) is 0 Å². The van der Waals surface area contributed by atoms with Gasteiger partial charge in [-0.05, 0) is 6.07 Å². The smallest absolute Gasteiger partial charge is 0.431 e. The Morgan fingerprint density at radius 3 is 2.26 bits per heavy atom. The summed E-state index contributed by atoms with van der Waals surface area (Å²) in [6, 6.07) is 24.9. The van der Waals surface area contributed by atoms with E-state index in [2.05, 4.69) is 0 Å². The molecule has 3 aromatic rings. The second-order valence-corrected chi connectivity index (χ2v) is 4.89. The van der Waals surface area contributed by atoms with Crippen LogP contribution in [0, 0.1) is 0 Å². The van der Waals surface area contributed by atoms with Crippen molar-refractivity contribution in [2.45, 2.75) is 5.79 Å². The zero-order valence-electron chi connectivity index (χ0n) is 12.6. The van der Waals surface area contributed by atoms with Crippen LogP contribution in [0.1, 0.15) is 21.5 Å². The minimum atomic E-state index is -1.09. The Bertz CT molecular complexity index is 715. The molecule has 4 rings (SSSR count). The fraction of sp³-hybridized carbons (Fsp3) is 0.105. The summed E-state index contributed by atoms with van der Waals surface area (Å²) >= 11 is 0. The summed E-state index contributed by atoms with van der Waals surface area (Å²) < 4.78 is 10.9. The molecule has 0 aliphatic carbocycles. The zero-order valence-corrected chi connectivity index (χ0v) is 13.7. The van der Waals surface area contributed by atoms with Gasteiger partial charge in [-0.15, -0.1) is 0 Å². The van der Waals surface area contributed by atoms with Crippen molar-refractivity contribution in [1.82, 2.24) is 0 Å². The van der Waals surface area contributed by atoms with Gasteiger partial charge in [0, 0.05) is 12.7 Å². The Kier molecular flexibility index (Phi) is 5.56. The summed E-state index contributed by atoms with van der Waals surface area (Å²) in [5, 5.41) is 0. The van der Waals surface area contributed by atoms with E-state index in [1.807, 2.05) is 72.8 Å². The van der Waals surface area contributed by atoms with Gasteiger partial charge < -0.3 is 9.47 Å². The Morgan fingerprint density at radius 2 is 1.70 bits per heavy atom. The maximum absolute atomic E-state index is 11.8. The van der Waals surface area contributed by atoms with Crippen LogP contribution < -0.4 is 0 Å². The van der Waals surface area contributed by atoms with Crippen molar-refractivity contribution in [2.75, 3.05) is 7.11 Å². The minimum absolute atomic E-state index is 0. The molecular weight excluding hydrogens is 332 g/mol. The molecule has 118 valence electrons. The van der Waals surface area contributed by atoms with E-state index < -0.39 is 5.79 Å². The first-order valence-electron chi connectivity index (χ1n) is 7.05. The molecule has 0 radical (unpaired) electrons. The molecule has 4 heteroatoms. The van der Waals surface area contributed by atoms with E-state index in [9.17, 15) is 4.79 Å². The van der Waals surface area contributed by atoms with Crippen LogP contribution in [0.3, 0.4) is 0 Å². The van der Waals surface area contributed by atoms with Crippen molar-refractivity contribution in [3.63, 3.8) is 0 Å². The van der Waals surface area contributed by atoms with Gasteiger partial charge in [0.2, 0.25) is 5.79 Å². The third-order valence-corrected chi connectivity index (χ3v) is 3.62. The summed E-state index contributed by atoms with van der Waals surface area (Å²) in [4.78, 5) is 11.8. The fourth-order valence-corrected chi connectivity index (χ4v) is 2.59. The number of carbonyl (C=O) groups excluding carboxylic acids is 1. The number of carbonyl (C=O) groups is 1. The minimum Gasteiger partial charge on any atom is -0.431 e. The van der Waals surface area contributed by atoms with Crippen molar-refractivity contribution in [2.24, 2.45) is 0 Å². The Morgan fingerprint density at radius 1 is 1.04 bits per heavy atom. The maximum Gasteiger partial charge on any atom is 2.00 e. The topological polar surface area (TPSA) is 35.5 Å². The molecule has 1 unspecified atom stereocenters. The first kappa shape index (κ1) is 17.2. The number of methoxy groups -OCH3 is 1. The Hall–Kier alpha value is -2.13. The van der Waals surface area contributed by atoms with Gasteiger partial charge in [0.15, 0.2) is 0 Å². The molecule has 0 fully saturated rings. The summed E-state index contributed by atoms with van der Waals surface area (Å²) in [6.45, 7) is 0. The van der Waals surface area contributed by atoms with E-state index in [1.54, 1.807) is 13.2 Å². The molecule has 0 bridgehead atoms. The molecule has 0 N–H and O–H groups in total. The van der Waals surface area contributed by atoms with Gasteiger partial charge in [-0.25, -0.2) is 29.1 Å². The van der Waals surface area contributed by atoms with Crippen LogP contribution in [0.15, 0.2) is 78.9 Å². The normalized spacial score (nSPS) is 18.2. The van der Waals surface area contributed by atoms with E-state index in [-0.39, 0.29) is 23.0 Å². The number of hydrogen-bond acceptors (Lipinski definition) is 3. The van der Waals surface area contributed by atoms with Gasteiger partial charge in [-0.2, -0.15) is 30.3 Å². The van der Waals surface area contributed by atoms with E-state index in [0.29, 0.717) is 5.56 Å². The molecule has 0 amide bonds. The predicted octanol–water partition coefficient (Wildman–Crippen LogP) is 3.83. The zero-order chi connectivity index (χ0) is 15.4. The number of cyclic esters (lactones) is 1. The largest absolute Gasteiger partial charge is 2.00 e. The van der Waals surface area contributed by atoms with Gasteiger partial charge in [0.1, 0.15) is 0 Å². The second-order valence-electron chi connectivity index (χ2n) is 4.89. The van der Waals surface area contributed by atoms with Gasteiger partial charge in [0.05, 0.1) is 5.56 Å². The average Bonchev–Trinajstić information content (AvgIpc) is 3.31. The van der Waals surface area contributed by atoms with Gasteiger partial charge >= 0.3 is 23.0 Å². The van der Waals surface area contributed by atoms with E-state index >= 15 is 0 Å². The van der Waals surface area contributed by atoms with Crippen LogP contribution in [-0.4, -0.2) is 13.1 Å². The molecule has 0 aromatic heterocycles. The van der Waals surface area contributed by atoms with Crippen molar-refractivity contribution >= 4 is 5.97 Å². The Balaban J connectivity index is 0.000000276. The average molecular weight is 348 g/mol. The van der Waals surface area contributed by atoms with Crippen LogP contribution in [-0.2, 0) is 32.3 Å². The second kappa shape index (κ2) is 7.42. The molecule has 1 aliphatic rings. The van der Waals surface area contributed by atoms with Crippen LogP contribution >= 0.6 is 0 Å². The summed E-state index contributed by atoms with van der Waals surface area (Å²) in [7, 11) is 1.54. The molecule has 0 saturated carbocycles. The number of ether oxygens (including phenoxy) is 2. The molecule has 23 heavy (non-hydrogen) atoms. The quantitative estimate of drug-likeness (QED) is 0.401. The molecule has 3 aromatic carbocycles. The van der Waals surface area contributed by atoms with Crippen molar-refractivity contribution in [1.29, 1.82) is 0 Å². The van der Waals surface area contributed by atoms with E-state index in [4.69, 9.17) is 9.47 Å². The summed E-state index contributed by atoms with van der Waals surface area (Å²) in [5.41, 5.74) is 2.16. The fourth-order valence-electron chi connectivity index (χ4n) is 2.59. The standard InChI is InChI=1S/C14H11O3.C5H5.Fe/c1-16-14(10-6-2-3-7-10)12-9-5-4-8-11(12)13(15)17-14;1-2-4-5-3-1;/h2-9H,1H3;1-5H;/q2*-1;+2. The number of fused-ring (bicyclic) bond motifs is 1. The Labute approximate surface area is 146 Å². The summed E-state index contributed by atoms with van der Waals surface area (Å²) in [6.07, 6.45) is 0. The molecule has 1 aliphatic heterocycles. The van der Waals surface area contributed by atoms with Crippen LogP contribution in [0.25, 0.3) is 0 Å². The van der Waals surface area contributed by atoms with Crippen molar-refractivity contribution in [3.05, 3.63) is 95.6 Å². The number of benzene rings is 1. The molecule has 3 nitrogen and oxygen atoms in total. The van der Waals surface area contributed by atoms with Gasteiger partial charge in [-0.1, -0.05) is 23.8 Å². The molecule has 1 atom stereocenters. The molecule has 1 heterocycles. The molecule has 0 saturated heterocycles. The monoisotopic (exact) mass is 348 g/mol. The predicted molar refractivity (Wildman–Crippen MR) is 83.7 cm³/mol. The third kappa shape index (κ3) is 3.15. The van der Waals surface area contributed by atoms with Crippen LogP contribution in [0.2, 0.25) is 0 Å². The summed E-state index contributed by atoms with van der Waals surface area (Å²) in [5.74, 6) is -1.43. The van der Waals surface area contributed by atoms with Gasteiger partial charge in [-0.3, -0.25) is 0 Å². The molecule has 0 spiro atoms. The first-order valence-corrected chi connectivity index (χ1v) is 7.05. The number of rotatable bonds is 2. The molecular formula is C19H16FeO3. The van der Waals surface area contributed by atoms with Crippen molar-refractivity contribution in [3.8, 4) is 0 Å². The van der Waals surface area contributed by atoms with Gasteiger partial charge in [0.25, 0.3) is 0 Å². The number of hydrogen-bond donors (Lipinski definition) is 0. The number of esters is 1. The van der Waals surface area contributed by atoms with Crippen molar-refractivity contribution < 1.29 is 31.3 Å². The SMILES string of the molecule is COC1([c-]2cccc2)OC(=O)c2ccccc21.[Fe+2].c1cc[cH-]c1. The van der Waals surface area contributed by atoms with E-state index in [0.717, 1.165) is 11.1 Å². The van der Waals surface area contributed by atoms with Crippen LogP contribution in [0.5, 0.6) is 0 Å². The maximum atomic E-state index is 11.8.